The van der Waals surface area contributed by atoms with Crippen molar-refractivity contribution in [3.8, 4) is 0 Å². The number of aryl methyl sites for hydroxylation is 2. The van der Waals surface area contributed by atoms with Gasteiger partial charge >= 0.3 is 19.1 Å². The zero-order valence-corrected chi connectivity index (χ0v) is 10.5. The molecule has 1 aromatic heterocycles. The summed E-state index contributed by atoms with van der Waals surface area (Å²) in [5, 5.41) is 0. The lowest BCUT2D eigenvalue weighted by Gasteiger charge is -2.34. The Hall–Kier alpha value is -1.43. The third-order valence-corrected chi connectivity index (χ3v) is 2.09. The molecule has 0 saturated carbocycles. The SMILES string of the molecule is Cn1cc[n+](C)c1.F[B-](F)(F)C(F)(F)C(F)(F)C(F)(F)F. The normalized spacial score (nSPS) is 13.7. The van der Waals surface area contributed by atoms with E-state index in [1.54, 1.807) is 0 Å². The molecule has 0 radical (unpaired) electrons. The van der Waals surface area contributed by atoms with E-state index >= 15 is 0 Å². The summed E-state index contributed by atoms with van der Waals surface area (Å²) in [5.41, 5.74) is 0. The molecular formula is C8H9BF10N2. The van der Waals surface area contributed by atoms with E-state index in [4.69, 9.17) is 0 Å². The third-order valence-electron chi connectivity index (χ3n) is 2.09. The fourth-order valence-corrected chi connectivity index (χ4v) is 0.969. The molecule has 0 unspecified atom stereocenters. The van der Waals surface area contributed by atoms with Crippen molar-refractivity contribution < 1.29 is 48.2 Å². The fraction of sp³-hybridized carbons (Fsp3) is 0.625. The van der Waals surface area contributed by atoms with E-state index in [9.17, 15) is 43.7 Å². The van der Waals surface area contributed by atoms with Crippen LogP contribution in [0, 0.1) is 0 Å². The quantitative estimate of drug-likeness (QED) is 0.447. The Morgan fingerprint density at radius 2 is 1.38 bits per heavy atom. The maximum absolute atomic E-state index is 11.6. The van der Waals surface area contributed by atoms with Crippen molar-refractivity contribution in [3.05, 3.63) is 18.7 Å². The highest BCUT2D eigenvalue weighted by Crippen LogP contribution is 2.51. The molecular weight excluding hydrogens is 325 g/mol. The van der Waals surface area contributed by atoms with Gasteiger partial charge in [-0.25, -0.2) is 17.9 Å². The van der Waals surface area contributed by atoms with E-state index in [2.05, 4.69) is 0 Å². The monoisotopic (exact) mass is 334 g/mol. The number of hydrogen-bond acceptors (Lipinski definition) is 0. The Bertz CT molecular complexity index is 420. The zero-order chi connectivity index (χ0) is 17.3. The number of rotatable bonds is 2. The predicted molar refractivity (Wildman–Crippen MR) is 51.6 cm³/mol. The van der Waals surface area contributed by atoms with Gasteiger partial charge in [0.2, 0.25) is 6.33 Å². The van der Waals surface area contributed by atoms with Gasteiger partial charge in [0, 0.05) is 0 Å². The standard InChI is InChI=1S/C5H9N2.C3BF10/c1-6-3-4-7(2)5-6;5-1(6,3(9,10)11)2(7,8)4(12,13)14/h3-5H,1-2H3;/q+1;-1. The minimum Gasteiger partial charge on any atom is -0.445 e. The predicted octanol–water partition coefficient (Wildman–Crippen LogP) is 3.06. The van der Waals surface area contributed by atoms with Gasteiger partial charge in [0.1, 0.15) is 12.4 Å². The van der Waals surface area contributed by atoms with E-state index in [0.717, 1.165) is 0 Å². The molecule has 2 nitrogen and oxygen atoms in total. The van der Waals surface area contributed by atoms with Crippen molar-refractivity contribution in [2.75, 3.05) is 0 Å². The van der Waals surface area contributed by atoms with Crippen LogP contribution in [0.25, 0.3) is 0 Å². The van der Waals surface area contributed by atoms with Crippen LogP contribution in [0.15, 0.2) is 18.7 Å². The lowest BCUT2D eigenvalue weighted by atomic mass is 9.76. The van der Waals surface area contributed by atoms with Gasteiger partial charge in [0.15, 0.2) is 0 Å². The lowest BCUT2D eigenvalue weighted by molar-refractivity contribution is -0.670. The molecule has 0 fully saturated rings. The third kappa shape index (κ3) is 4.27. The summed E-state index contributed by atoms with van der Waals surface area (Å²) in [4.78, 5) is 0. The second kappa shape index (κ2) is 5.75. The lowest BCUT2D eigenvalue weighted by Crippen LogP contribution is -2.62. The zero-order valence-electron chi connectivity index (χ0n) is 10.5. The van der Waals surface area contributed by atoms with Crippen LogP contribution >= 0.6 is 0 Å². The average Bonchev–Trinajstić information content (AvgIpc) is 2.59. The summed E-state index contributed by atoms with van der Waals surface area (Å²) in [6.45, 7) is -7.63. The molecule has 0 amide bonds. The topological polar surface area (TPSA) is 8.81 Å². The maximum Gasteiger partial charge on any atom is 0.555 e. The molecule has 0 saturated heterocycles. The van der Waals surface area contributed by atoms with Crippen molar-refractivity contribution in [1.29, 1.82) is 0 Å². The Morgan fingerprint density at radius 3 is 1.48 bits per heavy atom. The Balaban J connectivity index is 0.000000471. The van der Waals surface area contributed by atoms with Gasteiger partial charge in [-0.1, -0.05) is 0 Å². The molecule has 0 aliphatic carbocycles. The van der Waals surface area contributed by atoms with Crippen LogP contribution in [0.2, 0.25) is 0 Å². The van der Waals surface area contributed by atoms with Crippen molar-refractivity contribution in [1.82, 2.24) is 4.57 Å². The first-order chi connectivity index (χ1) is 9.04. The largest absolute Gasteiger partial charge is 0.555 e. The van der Waals surface area contributed by atoms with E-state index in [1.165, 1.54) is 0 Å². The molecule has 1 heterocycles. The second-order valence-corrected chi connectivity index (χ2v) is 4.01. The second-order valence-electron chi connectivity index (χ2n) is 4.01. The Morgan fingerprint density at radius 1 is 0.952 bits per heavy atom. The molecule has 21 heavy (non-hydrogen) atoms. The molecule has 0 atom stereocenters. The van der Waals surface area contributed by atoms with Gasteiger partial charge in [0.25, 0.3) is 5.82 Å². The molecule has 1 rings (SSSR count). The van der Waals surface area contributed by atoms with Crippen LogP contribution in [-0.2, 0) is 14.1 Å². The van der Waals surface area contributed by atoms with Gasteiger partial charge in [-0.3, -0.25) is 0 Å². The highest BCUT2D eigenvalue weighted by atomic mass is 19.4. The van der Waals surface area contributed by atoms with E-state index in [0.29, 0.717) is 0 Å². The fourth-order valence-electron chi connectivity index (χ4n) is 0.969. The summed E-state index contributed by atoms with van der Waals surface area (Å²) in [6, 6.07) is 0. The van der Waals surface area contributed by atoms with Gasteiger partial charge in [-0.2, -0.15) is 22.0 Å². The maximum atomic E-state index is 11.6. The molecule has 1 aromatic rings. The first-order valence-corrected chi connectivity index (χ1v) is 5.03. The van der Waals surface area contributed by atoms with Crippen molar-refractivity contribution in [3.63, 3.8) is 0 Å². The molecule has 0 aromatic carbocycles. The molecule has 124 valence electrons. The summed E-state index contributed by atoms with van der Waals surface area (Å²) >= 11 is 0. The van der Waals surface area contributed by atoms with Crippen LogP contribution in [-0.4, -0.2) is 29.5 Å². The molecule has 0 aliphatic rings. The number of imidazole rings is 1. The smallest absolute Gasteiger partial charge is 0.445 e. The van der Waals surface area contributed by atoms with Gasteiger partial charge in [-0.05, 0) is 0 Å². The average molecular weight is 334 g/mol. The molecule has 0 aliphatic heterocycles. The number of halogens is 10. The molecule has 0 N–H and O–H groups in total. The summed E-state index contributed by atoms with van der Waals surface area (Å²) < 4.78 is 118. The Kier molecular flexibility index (Phi) is 5.36. The van der Waals surface area contributed by atoms with E-state index < -0.39 is 24.9 Å². The van der Waals surface area contributed by atoms with Crippen LogP contribution in [0.1, 0.15) is 0 Å². The summed E-state index contributed by atoms with van der Waals surface area (Å²) in [5.74, 6) is -14.2. The minimum absolute atomic E-state index is 2.00. The molecule has 13 heteroatoms. The van der Waals surface area contributed by atoms with Crippen LogP contribution < -0.4 is 4.57 Å². The van der Waals surface area contributed by atoms with Gasteiger partial charge < -0.3 is 12.9 Å². The van der Waals surface area contributed by atoms with Crippen LogP contribution in [0.4, 0.5) is 43.7 Å². The molecule has 0 bridgehead atoms. The van der Waals surface area contributed by atoms with Crippen molar-refractivity contribution in [2.45, 2.75) is 17.9 Å². The van der Waals surface area contributed by atoms with E-state index in [1.807, 2.05) is 42.0 Å². The van der Waals surface area contributed by atoms with Crippen LogP contribution in [0.3, 0.4) is 0 Å². The highest BCUT2D eigenvalue weighted by Gasteiger charge is 2.78. The van der Waals surface area contributed by atoms with Crippen LogP contribution in [0.5, 0.6) is 0 Å². The van der Waals surface area contributed by atoms with Gasteiger partial charge in [0.05, 0.1) is 14.1 Å². The minimum atomic E-state index is -7.63. The first-order valence-electron chi connectivity index (χ1n) is 5.03. The van der Waals surface area contributed by atoms with Crippen molar-refractivity contribution >= 4 is 6.98 Å². The number of nitrogens with zero attached hydrogens (tertiary/aromatic N) is 2. The summed E-state index contributed by atoms with van der Waals surface area (Å²) in [6.07, 6.45) is -0.951. The molecule has 0 spiro atoms. The Labute approximate surface area is 112 Å². The number of hydrogen-bond donors (Lipinski definition) is 0. The summed E-state index contributed by atoms with van der Waals surface area (Å²) in [7, 11) is 4.00. The number of aromatic nitrogens is 2. The number of alkyl halides is 7. The van der Waals surface area contributed by atoms with Crippen molar-refractivity contribution in [2.24, 2.45) is 14.1 Å². The van der Waals surface area contributed by atoms with E-state index in [-0.39, 0.29) is 0 Å². The highest BCUT2D eigenvalue weighted by molar-refractivity contribution is 6.61. The van der Waals surface area contributed by atoms with Gasteiger partial charge in [-0.15, -0.1) is 0 Å². The first kappa shape index (κ1) is 19.6.